The van der Waals surface area contributed by atoms with E-state index in [1.165, 1.54) is 0 Å². The quantitative estimate of drug-likeness (QED) is 0.267. The Morgan fingerprint density at radius 2 is 1.70 bits per heavy atom. The van der Waals surface area contributed by atoms with Gasteiger partial charge in [-0.3, -0.25) is 9.59 Å². The van der Waals surface area contributed by atoms with Crippen LogP contribution < -0.4 is 5.32 Å². The third-order valence-corrected chi connectivity index (χ3v) is 7.93. The Morgan fingerprint density at radius 1 is 1.06 bits per heavy atom. The minimum absolute atomic E-state index is 0.0863. The lowest BCUT2D eigenvalue weighted by atomic mass is 10.1. The van der Waals surface area contributed by atoms with Gasteiger partial charge in [0.25, 0.3) is 0 Å². The van der Waals surface area contributed by atoms with E-state index in [-0.39, 0.29) is 24.4 Å². The maximum atomic E-state index is 13.2. The Kier molecular flexibility index (Phi) is 10.2. The summed E-state index contributed by atoms with van der Waals surface area (Å²) in [6.07, 6.45) is 5.26. The first-order valence-corrected chi connectivity index (χ1v) is 13.4. The average Bonchev–Trinajstić information content (AvgIpc) is 3.30. The van der Waals surface area contributed by atoms with Gasteiger partial charge in [-0.25, -0.2) is 0 Å². The number of hydrogen-bond donors (Lipinski definition) is 1. The van der Waals surface area contributed by atoms with Crippen LogP contribution in [0, 0.1) is 0 Å². The molecule has 8 heteroatoms. The van der Waals surface area contributed by atoms with Crippen LogP contribution >= 0.6 is 46.6 Å². The molecule has 3 rings (SSSR count). The molecule has 0 spiro atoms. The highest BCUT2D eigenvalue weighted by atomic mass is 35.5. The van der Waals surface area contributed by atoms with E-state index < -0.39 is 6.04 Å². The second-order valence-corrected chi connectivity index (χ2v) is 10.7. The van der Waals surface area contributed by atoms with Gasteiger partial charge in [-0.2, -0.15) is 0 Å². The number of amides is 2. The van der Waals surface area contributed by atoms with E-state index in [1.807, 2.05) is 24.3 Å². The van der Waals surface area contributed by atoms with Crippen molar-refractivity contribution in [3.63, 3.8) is 0 Å². The molecule has 33 heavy (non-hydrogen) atoms. The predicted octanol–water partition coefficient (Wildman–Crippen LogP) is 7.00. The number of halogens is 3. The molecule has 2 aromatic carbocycles. The predicted molar refractivity (Wildman–Crippen MR) is 138 cm³/mol. The fourth-order valence-electron chi connectivity index (χ4n) is 3.92. The molecule has 1 aliphatic carbocycles. The van der Waals surface area contributed by atoms with E-state index >= 15 is 0 Å². The molecular weight excluding hydrogens is 499 g/mol. The monoisotopic (exact) mass is 526 g/mol. The molecule has 2 aromatic rings. The number of carbonyl (C=O) groups is 2. The first-order chi connectivity index (χ1) is 15.8. The van der Waals surface area contributed by atoms with Crippen LogP contribution in [0.15, 0.2) is 47.4 Å². The van der Waals surface area contributed by atoms with E-state index in [4.69, 9.17) is 34.8 Å². The lowest BCUT2D eigenvalue weighted by molar-refractivity contribution is -0.140. The number of thioether (sulfide) groups is 1. The van der Waals surface area contributed by atoms with E-state index in [2.05, 4.69) is 5.32 Å². The van der Waals surface area contributed by atoms with Crippen LogP contribution in [-0.2, 0) is 16.1 Å². The van der Waals surface area contributed by atoms with E-state index in [9.17, 15) is 9.59 Å². The highest BCUT2D eigenvalue weighted by molar-refractivity contribution is 7.99. The van der Waals surface area contributed by atoms with Crippen molar-refractivity contribution in [3.8, 4) is 0 Å². The summed E-state index contributed by atoms with van der Waals surface area (Å²) in [6.45, 7) is 1.97. The molecule has 0 unspecified atom stereocenters. The van der Waals surface area contributed by atoms with Crippen molar-refractivity contribution in [2.75, 3.05) is 5.75 Å². The van der Waals surface area contributed by atoms with Crippen molar-refractivity contribution in [1.29, 1.82) is 0 Å². The largest absolute Gasteiger partial charge is 0.352 e. The normalized spacial score (nSPS) is 14.8. The molecular formula is C25H29Cl3N2O2S. The lowest BCUT2D eigenvalue weighted by Crippen LogP contribution is -2.49. The number of nitrogens with one attached hydrogen (secondary N) is 1. The number of hydrogen-bond acceptors (Lipinski definition) is 3. The van der Waals surface area contributed by atoms with Gasteiger partial charge in [-0.05, 0) is 68.3 Å². The Hall–Kier alpha value is -1.40. The molecule has 0 aromatic heterocycles. The van der Waals surface area contributed by atoms with Gasteiger partial charge in [-0.1, -0.05) is 53.7 Å². The van der Waals surface area contributed by atoms with Crippen LogP contribution in [0.2, 0.25) is 15.1 Å². The average molecular weight is 528 g/mol. The third kappa shape index (κ3) is 7.81. The molecule has 1 fully saturated rings. The molecule has 1 saturated carbocycles. The second kappa shape index (κ2) is 12.9. The summed E-state index contributed by atoms with van der Waals surface area (Å²) < 4.78 is 0. The summed E-state index contributed by atoms with van der Waals surface area (Å²) in [5.74, 6) is 0.571. The summed E-state index contributed by atoms with van der Waals surface area (Å²) >= 11 is 20.4. The van der Waals surface area contributed by atoms with Gasteiger partial charge in [0.1, 0.15) is 6.04 Å². The van der Waals surface area contributed by atoms with Gasteiger partial charge >= 0.3 is 0 Å². The van der Waals surface area contributed by atoms with Gasteiger partial charge in [-0.15, -0.1) is 11.8 Å². The molecule has 178 valence electrons. The Bertz CT molecular complexity index is 929. The van der Waals surface area contributed by atoms with E-state index in [0.29, 0.717) is 33.5 Å². The van der Waals surface area contributed by atoms with Crippen molar-refractivity contribution >= 4 is 58.4 Å². The minimum atomic E-state index is -0.616. The number of carbonyl (C=O) groups excluding carboxylic acids is 2. The van der Waals surface area contributed by atoms with Crippen molar-refractivity contribution in [2.45, 2.75) is 69.0 Å². The first kappa shape index (κ1) is 26.2. The van der Waals surface area contributed by atoms with Gasteiger partial charge in [0.05, 0.1) is 0 Å². The van der Waals surface area contributed by atoms with E-state index in [1.54, 1.807) is 41.8 Å². The van der Waals surface area contributed by atoms with Crippen molar-refractivity contribution in [2.24, 2.45) is 0 Å². The molecule has 0 saturated heterocycles. The van der Waals surface area contributed by atoms with Crippen LogP contribution in [-0.4, -0.2) is 34.6 Å². The summed E-state index contributed by atoms with van der Waals surface area (Å²) in [5, 5.41) is 4.79. The Balaban J connectivity index is 1.64. The smallest absolute Gasteiger partial charge is 0.242 e. The van der Waals surface area contributed by atoms with Gasteiger partial charge in [0.2, 0.25) is 11.8 Å². The zero-order valence-electron chi connectivity index (χ0n) is 18.7. The van der Waals surface area contributed by atoms with Gasteiger partial charge in [0.15, 0.2) is 0 Å². The van der Waals surface area contributed by atoms with Gasteiger partial charge in [0, 0.05) is 44.5 Å². The van der Waals surface area contributed by atoms with E-state index in [0.717, 1.165) is 36.3 Å². The zero-order chi connectivity index (χ0) is 23.8. The molecule has 0 radical (unpaired) electrons. The molecule has 0 heterocycles. The molecule has 0 aliphatic heterocycles. The Labute approximate surface area is 215 Å². The summed E-state index contributed by atoms with van der Waals surface area (Å²) in [7, 11) is 0. The summed E-state index contributed by atoms with van der Waals surface area (Å²) in [4.78, 5) is 28.9. The van der Waals surface area contributed by atoms with Crippen molar-refractivity contribution in [3.05, 3.63) is 63.1 Å². The highest BCUT2D eigenvalue weighted by Crippen LogP contribution is 2.28. The molecule has 2 amide bonds. The van der Waals surface area contributed by atoms with Crippen molar-refractivity contribution < 1.29 is 9.59 Å². The van der Waals surface area contributed by atoms with Gasteiger partial charge < -0.3 is 10.2 Å². The highest BCUT2D eigenvalue weighted by Gasteiger charge is 2.29. The van der Waals surface area contributed by atoms with Crippen LogP contribution in [0.3, 0.4) is 0 Å². The molecule has 4 nitrogen and oxygen atoms in total. The molecule has 0 bridgehead atoms. The maximum absolute atomic E-state index is 13.2. The third-order valence-electron chi connectivity index (χ3n) is 5.88. The van der Waals surface area contributed by atoms with Crippen molar-refractivity contribution in [1.82, 2.24) is 10.2 Å². The Morgan fingerprint density at radius 3 is 2.33 bits per heavy atom. The molecule has 1 aliphatic rings. The van der Waals surface area contributed by atoms with Crippen LogP contribution in [0.25, 0.3) is 0 Å². The number of benzene rings is 2. The topological polar surface area (TPSA) is 49.4 Å². The summed E-state index contributed by atoms with van der Waals surface area (Å²) in [6, 6.07) is 12.5. The standard InChI is InChI=1S/C25H29Cl3N2O2S/c1-17(25(32)29-19-6-2-3-7-19)30(16-21-22(27)8-4-9-23(21)28)24(31)10-5-15-33-20-13-11-18(26)12-14-20/h4,8-9,11-14,17,19H,2-3,5-7,10,15-16H2,1H3,(H,29,32)/t17-/m1/s1. The number of nitrogens with zero attached hydrogens (tertiary/aromatic N) is 1. The lowest BCUT2D eigenvalue weighted by Gasteiger charge is -2.30. The molecule has 1 atom stereocenters. The fourth-order valence-corrected chi connectivity index (χ4v) is 5.41. The molecule has 1 N–H and O–H groups in total. The SMILES string of the molecule is C[C@H](C(=O)NC1CCCC1)N(Cc1c(Cl)cccc1Cl)C(=O)CCCSc1ccc(Cl)cc1. The minimum Gasteiger partial charge on any atom is -0.352 e. The van der Waals surface area contributed by atoms with Crippen LogP contribution in [0.1, 0.15) is 51.0 Å². The fraction of sp³-hybridized carbons (Fsp3) is 0.440. The van der Waals surface area contributed by atoms with Crippen LogP contribution in [0.5, 0.6) is 0 Å². The second-order valence-electron chi connectivity index (χ2n) is 8.29. The maximum Gasteiger partial charge on any atom is 0.242 e. The zero-order valence-corrected chi connectivity index (χ0v) is 21.7. The van der Waals surface area contributed by atoms with Crippen LogP contribution in [0.4, 0.5) is 0 Å². The number of rotatable bonds is 10. The first-order valence-electron chi connectivity index (χ1n) is 11.3. The summed E-state index contributed by atoms with van der Waals surface area (Å²) in [5.41, 5.74) is 0.658.